The highest BCUT2D eigenvalue weighted by Gasteiger charge is 2.29. The lowest BCUT2D eigenvalue weighted by molar-refractivity contribution is -0.115. The number of halogens is 1. The second kappa shape index (κ2) is 4.96. The van der Waals surface area contributed by atoms with Gasteiger partial charge in [0.15, 0.2) is 5.11 Å². The Balaban J connectivity index is 2.54. The minimum atomic E-state index is -0.500. The van der Waals surface area contributed by atoms with Crippen LogP contribution in [0.4, 0.5) is 0 Å². The first-order valence-electron chi connectivity index (χ1n) is 5.33. The van der Waals surface area contributed by atoms with Gasteiger partial charge in [-0.1, -0.05) is 29.8 Å². The summed E-state index contributed by atoms with van der Waals surface area (Å²) in [4.78, 5) is 11.6. The summed E-state index contributed by atoms with van der Waals surface area (Å²) in [6, 6.07) is 6.86. The van der Waals surface area contributed by atoms with Crippen molar-refractivity contribution in [3.05, 3.63) is 46.1 Å². The number of rotatable bonds is 2. The second-order valence-corrected chi connectivity index (χ2v) is 4.77. The number of hydrogen-bond donors (Lipinski definition) is 3. The number of amides is 1. The topological polar surface area (TPSA) is 67.2 Å². The fourth-order valence-electron chi connectivity index (χ4n) is 1.96. The molecule has 4 nitrogen and oxygen atoms in total. The van der Waals surface area contributed by atoms with E-state index < -0.39 is 11.9 Å². The van der Waals surface area contributed by atoms with E-state index in [1.54, 1.807) is 13.0 Å². The molecule has 4 N–H and O–H groups in total. The molecule has 18 heavy (non-hydrogen) atoms. The number of hydrogen-bond acceptors (Lipinski definition) is 2. The van der Waals surface area contributed by atoms with Gasteiger partial charge in [0.05, 0.1) is 11.6 Å². The third kappa shape index (κ3) is 2.32. The Morgan fingerprint density at radius 1 is 1.44 bits per heavy atom. The Hall–Kier alpha value is -1.59. The van der Waals surface area contributed by atoms with Gasteiger partial charge in [-0.3, -0.25) is 4.79 Å². The Morgan fingerprint density at radius 2 is 2.11 bits per heavy atom. The fraction of sp³-hybridized carbons (Fsp3) is 0.167. The number of carbonyl (C=O) groups excluding carboxylic acids is 1. The van der Waals surface area contributed by atoms with Crippen molar-refractivity contribution in [1.82, 2.24) is 10.6 Å². The summed E-state index contributed by atoms with van der Waals surface area (Å²) < 4.78 is 0. The molecule has 2 rings (SSSR count). The third-order valence-electron chi connectivity index (χ3n) is 2.75. The standard InChI is InChI=1S/C12H12ClN3OS/c1-6-9(11(14)17)10(16-12(18)15-6)7-4-2-3-5-8(7)13/h2-5,10H,1H3,(H2,14,17)(H2,15,16,18). The maximum absolute atomic E-state index is 11.6. The van der Waals surface area contributed by atoms with Gasteiger partial charge in [-0.05, 0) is 30.8 Å². The van der Waals surface area contributed by atoms with E-state index in [0.29, 0.717) is 21.4 Å². The molecular formula is C12H12ClN3OS. The van der Waals surface area contributed by atoms with Crippen LogP contribution in [0.3, 0.4) is 0 Å². The van der Waals surface area contributed by atoms with Crippen LogP contribution in [0.2, 0.25) is 5.02 Å². The lowest BCUT2D eigenvalue weighted by Crippen LogP contribution is -2.46. The average molecular weight is 282 g/mol. The summed E-state index contributed by atoms with van der Waals surface area (Å²) >= 11 is 11.2. The van der Waals surface area contributed by atoms with E-state index >= 15 is 0 Å². The smallest absolute Gasteiger partial charge is 0.248 e. The Morgan fingerprint density at radius 3 is 2.72 bits per heavy atom. The number of carbonyl (C=O) groups is 1. The van der Waals surface area contributed by atoms with Crippen molar-refractivity contribution in [2.75, 3.05) is 0 Å². The Bertz CT molecular complexity index is 556. The summed E-state index contributed by atoms with van der Waals surface area (Å²) in [6.07, 6.45) is 0. The molecule has 1 amide bonds. The zero-order valence-corrected chi connectivity index (χ0v) is 11.2. The molecule has 0 aliphatic carbocycles. The Kier molecular flexibility index (Phi) is 3.54. The van der Waals surface area contributed by atoms with E-state index in [1.165, 1.54) is 0 Å². The van der Waals surface area contributed by atoms with Crippen molar-refractivity contribution in [1.29, 1.82) is 0 Å². The summed E-state index contributed by atoms with van der Waals surface area (Å²) in [7, 11) is 0. The van der Waals surface area contributed by atoms with Crippen molar-refractivity contribution < 1.29 is 4.79 Å². The van der Waals surface area contributed by atoms with Crippen LogP contribution in [0, 0.1) is 0 Å². The maximum Gasteiger partial charge on any atom is 0.248 e. The van der Waals surface area contributed by atoms with E-state index in [1.807, 2.05) is 18.2 Å². The zero-order chi connectivity index (χ0) is 13.3. The highest BCUT2D eigenvalue weighted by molar-refractivity contribution is 7.80. The number of nitrogens with two attached hydrogens (primary N) is 1. The van der Waals surface area contributed by atoms with Gasteiger partial charge in [0.1, 0.15) is 0 Å². The van der Waals surface area contributed by atoms with Crippen molar-refractivity contribution >= 4 is 34.8 Å². The zero-order valence-electron chi connectivity index (χ0n) is 9.66. The number of allylic oxidation sites excluding steroid dienone is 1. The molecule has 0 saturated heterocycles. The molecule has 1 aromatic carbocycles. The molecule has 1 aliphatic heterocycles. The van der Waals surface area contributed by atoms with Crippen LogP contribution in [0.25, 0.3) is 0 Å². The van der Waals surface area contributed by atoms with Gasteiger partial charge < -0.3 is 16.4 Å². The van der Waals surface area contributed by atoms with Crippen molar-refractivity contribution in [2.45, 2.75) is 13.0 Å². The van der Waals surface area contributed by atoms with E-state index in [0.717, 1.165) is 5.56 Å². The van der Waals surface area contributed by atoms with Crippen LogP contribution in [0.5, 0.6) is 0 Å². The molecule has 0 aromatic heterocycles. The van der Waals surface area contributed by atoms with Crippen LogP contribution < -0.4 is 16.4 Å². The monoisotopic (exact) mass is 281 g/mol. The first-order valence-corrected chi connectivity index (χ1v) is 6.12. The van der Waals surface area contributed by atoms with Gasteiger partial charge in [-0.25, -0.2) is 0 Å². The maximum atomic E-state index is 11.6. The SMILES string of the molecule is CC1=C(C(N)=O)C(c2ccccc2Cl)NC(=S)N1. The molecule has 1 atom stereocenters. The molecule has 0 radical (unpaired) electrons. The molecule has 6 heteroatoms. The molecule has 1 unspecified atom stereocenters. The number of benzene rings is 1. The summed E-state index contributed by atoms with van der Waals surface area (Å²) in [5.74, 6) is -0.500. The summed E-state index contributed by atoms with van der Waals surface area (Å²) in [6.45, 7) is 1.76. The van der Waals surface area contributed by atoms with Crippen LogP contribution in [0.15, 0.2) is 35.5 Å². The molecular weight excluding hydrogens is 270 g/mol. The predicted molar refractivity (Wildman–Crippen MR) is 75.0 cm³/mol. The molecule has 0 bridgehead atoms. The molecule has 0 fully saturated rings. The minimum absolute atomic E-state index is 0.412. The lowest BCUT2D eigenvalue weighted by atomic mass is 9.95. The molecule has 1 heterocycles. The van der Waals surface area contributed by atoms with E-state index in [2.05, 4.69) is 10.6 Å². The predicted octanol–water partition coefficient (Wildman–Crippen LogP) is 1.62. The molecule has 0 spiro atoms. The normalized spacial score (nSPS) is 19.2. The minimum Gasteiger partial charge on any atom is -0.366 e. The summed E-state index contributed by atoms with van der Waals surface area (Å²) in [5.41, 5.74) is 7.28. The van der Waals surface area contributed by atoms with Crippen molar-refractivity contribution in [2.24, 2.45) is 5.73 Å². The van der Waals surface area contributed by atoms with Crippen molar-refractivity contribution in [3.8, 4) is 0 Å². The van der Waals surface area contributed by atoms with E-state index in [-0.39, 0.29) is 0 Å². The molecule has 1 aliphatic rings. The fourth-order valence-corrected chi connectivity index (χ4v) is 2.48. The first kappa shape index (κ1) is 12.9. The van der Waals surface area contributed by atoms with Gasteiger partial charge in [-0.2, -0.15) is 0 Å². The first-order chi connectivity index (χ1) is 8.50. The number of primary amides is 1. The highest BCUT2D eigenvalue weighted by Crippen LogP contribution is 2.30. The average Bonchev–Trinajstić information content (AvgIpc) is 2.27. The van der Waals surface area contributed by atoms with E-state index in [9.17, 15) is 4.79 Å². The van der Waals surface area contributed by atoms with Crippen LogP contribution in [0.1, 0.15) is 18.5 Å². The lowest BCUT2D eigenvalue weighted by Gasteiger charge is -2.29. The van der Waals surface area contributed by atoms with Crippen LogP contribution in [-0.4, -0.2) is 11.0 Å². The largest absolute Gasteiger partial charge is 0.366 e. The van der Waals surface area contributed by atoms with Gasteiger partial charge in [-0.15, -0.1) is 0 Å². The quantitative estimate of drug-likeness (QED) is 0.721. The molecule has 94 valence electrons. The Labute approximate surface area is 115 Å². The summed E-state index contributed by atoms with van der Waals surface area (Å²) in [5, 5.41) is 6.91. The highest BCUT2D eigenvalue weighted by atomic mass is 35.5. The van der Waals surface area contributed by atoms with Gasteiger partial charge in [0.25, 0.3) is 0 Å². The van der Waals surface area contributed by atoms with Crippen LogP contribution in [-0.2, 0) is 4.79 Å². The van der Waals surface area contributed by atoms with Gasteiger partial charge in [0, 0.05) is 10.7 Å². The third-order valence-corrected chi connectivity index (χ3v) is 3.31. The second-order valence-electron chi connectivity index (χ2n) is 3.96. The molecule has 0 saturated carbocycles. The number of nitrogens with one attached hydrogen (secondary N) is 2. The van der Waals surface area contributed by atoms with Gasteiger partial charge >= 0.3 is 0 Å². The number of thiocarbonyl (C=S) groups is 1. The van der Waals surface area contributed by atoms with Gasteiger partial charge in [0.2, 0.25) is 5.91 Å². The van der Waals surface area contributed by atoms with Crippen molar-refractivity contribution in [3.63, 3.8) is 0 Å². The molecule has 1 aromatic rings. The van der Waals surface area contributed by atoms with Crippen LogP contribution >= 0.6 is 23.8 Å². The van der Waals surface area contributed by atoms with E-state index in [4.69, 9.17) is 29.6 Å².